The Hall–Kier alpha value is -1.10. The van der Waals surface area contributed by atoms with Crippen molar-refractivity contribution in [3.8, 4) is 0 Å². The number of likely N-dealkylation sites (N-methyl/N-ethyl adjacent to an activating group) is 1. The minimum Gasteiger partial charge on any atom is -0.480 e. The van der Waals surface area contributed by atoms with Crippen molar-refractivity contribution < 1.29 is 14.7 Å². The van der Waals surface area contributed by atoms with Crippen LogP contribution < -0.4 is 5.32 Å². The van der Waals surface area contributed by atoms with Gasteiger partial charge in [0.1, 0.15) is 6.04 Å². The second kappa shape index (κ2) is 5.84. The van der Waals surface area contributed by atoms with Crippen LogP contribution in [-0.2, 0) is 9.59 Å². The highest BCUT2D eigenvalue weighted by Gasteiger charge is 2.33. The predicted molar refractivity (Wildman–Crippen MR) is 60.1 cm³/mol. The van der Waals surface area contributed by atoms with Gasteiger partial charge in [0.25, 0.3) is 0 Å². The van der Waals surface area contributed by atoms with E-state index < -0.39 is 12.0 Å². The molecule has 2 atom stereocenters. The van der Waals surface area contributed by atoms with E-state index in [1.807, 2.05) is 0 Å². The number of hydrogen-bond donors (Lipinski definition) is 2. The summed E-state index contributed by atoms with van der Waals surface area (Å²) < 4.78 is 0. The van der Waals surface area contributed by atoms with Gasteiger partial charge in [0.15, 0.2) is 0 Å². The molecule has 1 aliphatic heterocycles. The van der Waals surface area contributed by atoms with Gasteiger partial charge >= 0.3 is 5.97 Å². The number of aliphatic carboxylic acids is 1. The summed E-state index contributed by atoms with van der Waals surface area (Å²) in [6.45, 7) is 2.96. The predicted octanol–water partition coefficient (Wildman–Crippen LogP) is 0.308. The lowest BCUT2D eigenvalue weighted by Gasteiger charge is -2.36. The van der Waals surface area contributed by atoms with Crippen LogP contribution in [0.25, 0.3) is 0 Å². The molecule has 0 radical (unpaired) electrons. The van der Waals surface area contributed by atoms with Crippen molar-refractivity contribution in [2.45, 2.75) is 32.2 Å². The van der Waals surface area contributed by atoms with E-state index in [0.29, 0.717) is 18.9 Å². The van der Waals surface area contributed by atoms with Crippen molar-refractivity contribution >= 4 is 11.9 Å². The second-order valence-corrected chi connectivity index (χ2v) is 4.30. The van der Waals surface area contributed by atoms with Crippen LogP contribution >= 0.6 is 0 Å². The van der Waals surface area contributed by atoms with Crippen molar-refractivity contribution in [1.82, 2.24) is 10.2 Å². The smallest absolute Gasteiger partial charge is 0.320 e. The summed E-state index contributed by atoms with van der Waals surface area (Å²) in [6.07, 6.45) is 2.65. The lowest BCUT2D eigenvalue weighted by molar-refractivity contribution is -0.146. The molecule has 1 saturated heterocycles. The molecule has 1 heterocycles. The van der Waals surface area contributed by atoms with Gasteiger partial charge in [0.05, 0.1) is 6.54 Å². The molecule has 0 aliphatic carbocycles. The molecular formula is C11H20N2O3. The minimum atomic E-state index is -0.818. The fourth-order valence-electron chi connectivity index (χ4n) is 2.17. The Bertz CT molecular complexity index is 268. The molecule has 5 nitrogen and oxygen atoms in total. The van der Waals surface area contributed by atoms with Crippen LogP contribution in [0.5, 0.6) is 0 Å². The quantitative estimate of drug-likeness (QED) is 0.726. The number of rotatable bonds is 4. The molecule has 2 N–H and O–H groups in total. The lowest BCUT2D eigenvalue weighted by Crippen LogP contribution is -2.50. The summed E-state index contributed by atoms with van der Waals surface area (Å²) >= 11 is 0. The number of piperidine rings is 1. The average molecular weight is 228 g/mol. The Morgan fingerprint density at radius 3 is 2.69 bits per heavy atom. The Kier molecular flexibility index (Phi) is 4.73. The molecule has 92 valence electrons. The third-order valence-corrected chi connectivity index (χ3v) is 3.31. The van der Waals surface area contributed by atoms with Crippen molar-refractivity contribution in [1.29, 1.82) is 0 Å². The molecule has 0 aromatic carbocycles. The maximum atomic E-state index is 11.3. The topological polar surface area (TPSA) is 69.6 Å². The van der Waals surface area contributed by atoms with Gasteiger partial charge in [-0.2, -0.15) is 0 Å². The highest BCUT2D eigenvalue weighted by Crippen LogP contribution is 2.25. The van der Waals surface area contributed by atoms with E-state index in [0.717, 1.165) is 12.8 Å². The van der Waals surface area contributed by atoms with Crippen LogP contribution in [0.4, 0.5) is 0 Å². The average Bonchev–Trinajstić information content (AvgIpc) is 2.29. The van der Waals surface area contributed by atoms with E-state index in [2.05, 4.69) is 12.2 Å². The molecule has 16 heavy (non-hydrogen) atoms. The summed E-state index contributed by atoms with van der Waals surface area (Å²) in [4.78, 5) is 24.1. The van der Waals surface area contributed by atoms with Gasteiger partial charge in [-0.15, -0.1) is 0 Å². The van der Waals surface area contributed by atoms with Crippen molar-refractivity contribution in [3.63, 3.8) is 0 Å². The zero-order chi connectivity index (χ0) is 12.1. The van der Waals surface area contributed by atoms with Gasteiger partial charge in [-0.25, -0.2) is 0 Å². The number of likely N-dealkylation sites (tertiary alicyclic amines) is 1. The van der Waals surface area contributed by atoms with Gasteiger partial charge in [-0.05, 0) is 25.3 Å². The summed E-state index contributed by atoms with van der Waals surface area (Å²) in [5, 5.41) is 11.7. The number of nitrogens with zero attached hydrogens (tertiary/aromatic N) is 1. The highest BCUT2D eigenvalue weighted by atomic mass is 16.4. The molecular weight excluding hydrogens is 208 g/mol. The van der Waals surface area contributed by atoms with E-state index in [-0.39, 0.29) is 12.5 Å². The van der Waals surface area contributed by atoms with Crippen LogP contribution in [0.15, 0.2) is 0 Å². The van der Waals surface area contributed by atoms with E-state index >= 15 is 0 Å². The van der Waals surface area contributed by atoms with Crippen LogP contribution in [0.3, 0.4) is 0 Å². The molecule has 0 spiro atoms. The number of carboxylic acids is 1. The molecule has 5 heteroatoms. The summed E-state index contributed by atoms with van der Waals surface area (Å²) in [6, 6.07) is -0.504. The number of nitrogens with one attached hydrogen (secondary N) is 1. The SMILES string of the molecule is CCC1CCN(CC(=O)NC)C(C(=O)O)C1. The van der Waals surface area contributed by atoms with Crippen LogP contribution in [0.1, 0.15) is 26.2 Å². The first-order valence-electron chi connectivity index (χ1n) is 5.75. The minimum absolute atomic E-state index is 0.124. The van der Waals surface area contributed by atoms with Gasteiger partial charge in [0, 0.05) is 7.05 Å². The Labute approximate surface area is 95.8 Å². The van der Waals surface area contributed by atoms with Gasteiger partial charge < -0.3 is 10.4 Å². The third kappa shape index (κ3) is 3.20. The number of hydrogen-bond acceptors (Lipinski definition) is 3. The normalized spacial score (nSPS) is 26.4. The van der Waals surface area contributed by atoms with Crippen molar-refractivity contribution in [3.05, 3.63) is 0 Å². The van der Waals surface area contributed by atoms with Gasteiger partial charge in [-0.1, -0.05) is 13.3 Å². The van der Waals surface area contributed by atoms with Crippen molar-refractivity contribution in [2.75, 3.05) is 20.1 Å². The molecule has 0 bridgehead atoms. The molecule has 1 amide bonds. The fraction of sp³-hybridized carbons (Fsp3) is 0.818. The molecule has 1 aliphatic rings. The lowest BCUT2D eigenvalue weighted by atomic mass is 9.89. The standard InChI is InChI=1S/C11H20N2O3/c1-3-8-4-5-13(7-10(14)12-2)9(6-8)11(15)16/h8-9H,3-7H2,1-2H3,(H,12,14)(H,15,16). The van der Waals surface area contributed by atoms with E-state index in [4.69, 9.17) is 5.11 Å². The third-order valence-electron chi connectivity index (χ3n) is 3.31. The first kappa shape index (κ1) is 13.0. The van der Waals surface area contributed by atoms with Gasteiger partial charge in [-0.3, -0.25) is 14.5 Å². The van der Waals surface area contributed by atoms with Crippen LogP contribution in [-0.4, -0.2) is 48.1 Å². The molecule has 1 rings (SSSR count). The molecule has 0 aromatic heterocycles. The van der Waals surface area contributed by atoms with Gasteiger partial charge in [0.2, 0.25) is 5.91 Å². The zero-order valence-corrected chi connectivity index (χ0v) is 9.90. The summed E-state index contributed by atoms with van der Waals surface area (Å²) in [5.41, 5.74) is 0. The first-order valence-corrected chi connectivity index (χ1v) is 5.75. The summed E-state index contributed by atoms with van der Waals surface area (Å²) in [7, 11) is 1.57. The molecule has 1 fully saturated rings. The number of carboxylic acid groups (broad SMARTS) is 1. The van der Waals surface area contributed by atoms with E-state index in [1.54, 1.807) is 11.9 Å². The number of carbonyl (C=O) groups is 2. The Morgan fingerprint density at radius 1 is 1.50 bits per heavy atom. The van der Waals surface area contributed by atoms with Crippen LogP contribution in [0, 0.1) is 5.92 Å². The van der Waals surface area contributed by atoms with E-state index in [1.165, 1.54) is 0 Å². The maximum absolute atomic E-state index is 11.3. The Balaban J connectivity index is 2.61. The summed E-state index contributed by atoms with van der Waals surface area (Å²) in [5.74, 6) is -0.467. The van der Waals surface area contributed by atoms with E-state index in [9.17, 15) is 9.59 Å². The second-order valence-electron chi connectivity index (χ2n) is 4.30. The molecule has 0 aromatic rings. The Morgan fingerprint density at radius 2 is 2.19 bits per heavy atom. The van der Waals surface area contributed by atoms with Crippen molar-refractivity contribution in [2.24, 2.45) is 5.92 Å². The number of carbonyl (C=O) groups excluding carboxylic acids is 1. The first-order chi connectivity index (χ1) is 7.58. The highest BCUT2D eigenvalue weighted by molar-refractivity contribution is 5.79. The van der Waals surface area contributed by atoms with Crippen LogP contribution in [0.2, 0.25) is 0 Å². The monoisotopic (exact) mass is 228 g/mol. The molecule has 0 saturated carbocycles. The number of amides is 1. The fourth-order valence-corrected chi connectivity index (χ4v) is 2.17. The molecule has 2 unspecified atom stereocenters. The largest absolute Gasteiger partial charge is 0.480 e. The maximum Gasteiger partial charge on any atom is 0.320 e. The zero-order valence-electron chi connectivity index (χ0n) is 9.90.